The van der Waals surface area contributed by atoms with Crippen molar-refractivity contribution in [3.8, 4) is 0 Å². The van der Waals surface area contributed by atoms with Gasteiger partial charge in [0.05, 0.1) is 6.04 Å². The van der Waals surface area contributed by atoms with E-state index in [4.69, 9.17) is 11.6 Å². The van der Waals surface area contributed by atoms with E-state index in [0.29, 0.717) is 0 Å². The Morgan fingerprint density at radius 1 is 1.62 bits per heavy atom. The Morgan fingerprint density at radius 3 is 2.25 bits per heavy atom. The molecule has 2 amide bonds. The zero-order valence-electron chi connectivity index (χ0n) is 4.50. The lowest BCUT2D eigenvalue weighted by Gasteiger charge is -2.10. The molecule has 0 aliphatic heterocycles. The number of carbonyl (C=O) groups is 1. The number of hydrazine groups is 1. The molecule has 0 saturated heterocycles. The zero-order valence-corrected chi connectivity index (χ0v) is 4.50. The van der Waals surface area contributed by atoms with Gasteiger partial charge in [-0.15, -0.1) is 0 Å². The van der Waals surface area contributed by atoms with Crippen LogP contribution in [0.25, 0.3) is 0 Å². The molecule has 1 rings (SSSR count). The average Bonchev–Trinajstić information content (AvgIpc) is 2.43. The van der Waals surface area contributed by atoms with Gasteiger partial charge in [-0.3, -0.25) is 5.01 Å². The van der Waals surface area contributed by atoms with Crippen LogP contribution < -0.4 is 11.6 Å². The molecule has 0 aromatic heterocycles. The van der Waals surface area contributed by atoms with Crippen molar-refractivity contribution < 1.29 is 4.79 Å². The first-order valence-electron chi connectivity index (χ1n) is 2.55. The third-order valence-corrected chi connectivity index (χ3v) is 1.19. The smallest absolute Gasteiger partial charge is 0.329 e. The minimum Gasteiger partial charge on any atom is -0.350 e. The SMILES string of the molecule is NC(=O)N(N)C1CC1. The summed E-state index contributed by atoms with van der Waals surface area (Å²) in [6.07, 6.45) is 2.00. The average molecular weight is 115 g/mol. The maximum Gasteiger partial charge on any atom is 0.329 e. The molecule has 8 heavy (non-hydrogen) atoms. The number of urea groups is 1. The molecule has 4 heteroatoms. The highest BCUT2D eigenvalue weighted by atomic mass is 16.2. The van der Waals surface area contributed by atoms with Gasteiger partial charge in [0.2, 0.25) is 0 Å². The second kappa shape index (κ2) is 1.63. The van der Waals surface area contributed by atoms with Crippen LogP contribution >= 0.6 is 0 Å². The van der Waals surface area contributed by atoms with Gasteiger partial charge in [0.1, 0.15) is 0 Å². The highest BCUT2D eigenvalue weighted by molar-refractivity contribution is 5.71. The van der Waals surface area contributed by atoms with Gasteiger partial charge >= 0.3 is 6.03 Å². The fourth-order valence-corrected chi connectivity index (χ4v) is 0.533. The monoisotopic (exact) mass is 115 g/mol. The molecule has 0 heterocycles. The summed E-state index contributed by atoms with van der Waals surface area (Å²) in [6.45, 7) is 0. The van der Waals surface area contributed by atoms with E-state index in [-0.39, 0.29) is 6.04 Å². The lowest BCUT2D eigenvalue weighted by molar-refractivity contribution is 0.206. The summed E-state index contributed by atoms with van der Waals surface area (Å²) in [5, 5.41) is 1.08. The first-order valence-corrected chi connectivity index (χ1v) is 2.55. The summed E-state index contributed by atoms with van der Waals surface area (Å²) in [5.41, 5.74) is 4.84. The van der Waals surface area contributed by atoms with Crippen LogP contribution in [0.2, 0.25) is 0 Å². The zero-order chi connectivity index (χ0) is 6.15. The first kappa shape index (κ1) is 5.37. The summed E-state index contributed by atoms with van der Waals surface area (Å²) in [5.74, 6) is 5.18. The largest absolute Gasteiger partial charge is 0.350 e. The number of rotatable bonds is 1. The molecule has 0 unspecified atom stereocenters. The highest BCUT2D eigenvalue weighted by Crippen LogP contribution is 2.23. The van der Waals surface area contributed by atoms with Gasteiger partial charge in [0, 0.05) is 0 Å². The molecule has 0 aromatic carbocycles. The third-order valence-electron chi connectivity index (χ3n) is 1.19. The predicted octanol–water partition coefficient (Wildman–Crippen LogP) is -0.597. The topological polar surface area (TPSA) is 72.4 Å². The van der Waals surface area contributed by atoms with Crippen molar-refractivity contribution in [1.82, 2.24) is 5.01 Å². The van der Waals surface area contributed by atoms with Crippen LogP contribution in [0.1, 0.15) is 12.8 Å². The molecule has 0 bridgehead atoms. The number of amides is 2. The van der Waals surface area contributed by atoms with E-state index in [9.17, 15) is 4.79 Å². The van der Waals surface area contributed by atoms with Crippen LogP contribution in [0.4, 0.5) is 4.79 Å². The standard InChI is InChI=1S/C4H9N3O/c5-4(8)7(6)3-1-2-3/h3H,1-2,6H2,(H2,5,8). The van der Waals surface area contributed by atoms with Crippen LogP contribution in [-0.4, -0.2) is 17.1 Å². The van der Waals surface area contributed by atoms with E-state index in [0.717, 1.165) is 17.9 Å². The maximum absolute atomic E-state index is 10.2. The quantitative estimate of drug-likeness (QED) is 0.272. The number of carbonyl (C=O) groups excluding carboxylic acids is 1. The summed E-state index contributed by atoms with van der Waals surface area (Å²) in [4.78, 5) is 10.2. The van der Waals surface area contributed by atoms with Gasteiger partial charge in [0.15, 0.2) is 0 Å². The van der Waals surface area contributed by atoms with Crippen LogP contribution in [-0.2, 0) is 0 Å². The predicted molar refractivity (Wildman–Crippen MR) is 28.6 cm³/mol. The summed E-state index contributed by atoms with van der Waals surface area (Å²) in [7, 11) is 0. The second-order valence-electron chi connectivity index (χ2n) is 1.98. The number of primary amides is 1. The molecule has 1 fully saturated rings. The number of nitrogens with two attached hydrogens (primary N) is 2. The molecule has 4 N–H and O–H groups in total. The molecule has 1 saturated carbocycles. The Morgan fingerprint density at radius 2 is 2.12 bits per heavy atom. The second-order valence-corrected chi connectivity index (χ2v) is 1.98. The molecule has 1 aliphatic carbocycles. The van der Waals surface area contributed by atoms with E-state index < -0.39 is 6.03 Å². The number of hydrogen-bond acceptors (Lipinski definition) is 2. The highest BCUT2D eigenvalue weighted by Gasteiger charge is 2.28. The Kier molecular flexibility index (Phi) is 1.09. The number of hydrogen-bond donors (Lipinski definition) is 2. The molecule has 0 radical (unpaired) electrons. The van der Waals surface area contributed by atoms with E-state index in [1.54, 1.807) is 0 Å². The van der Waals surface area contributed by atoms with Crippen LogP contribution in [0, 0.1) is 0 Å². The Bertz CT molecular complexity index is 110. The van der Waals surface area contributed by atoms with Gasteiger partial charge in [-0.25, -0.2) is 10.6 Å². The van der Waals surface area contributed by atoms with E-state index in [1.807, 2.05) is 0 Å². The van der Waals surface area contributed by atoms with Gasteiger partial charge in [-0.2, -0.15) is 0 Å². The lowest BCUT2D eigenvalue weighted by Crippen LogP contribution is -2.42. The van der Waals surface area contributed by atoms with Crippen molar-refractivity contribution in [2.75, 3.05) is 0 Å². The van der Waals surface area contributed by atoms with Gasteiger partial charge in [0.25, 0.3) is 0 Å². The Hall–Kier alpha value is -0.770. The molecule has 0 aromatic rings. The van der Waals surface area contributed by atoms with Crippen molar-refractivity contribution in [3.05, 3.63) is 0 Å². The van der Waals surface area contributed by atoms with E-state index in [2.05, 4.69) is 0 Å². The molecular formula is C4H9N3O. The van der Waals surface area contributed by atoms with Crippen molar-refractivity contribution in [2.45, 2.75) is 18.9 Å². The molecule has 0 spiro atoms. The van der Waals surface area contributed by atoms with Crippen LogP contribution in [0.3, 0.4) is 0 Å². The molecule has 4 nitrogen and oxygen atoms in total. The minimum absolute atomic E-state index is 0.229. The van der Waals surface area contributed by atoms with Crippen LogP contribution in [0.5, 0.6) is 0 Å². The Labute approximate surface area is 47.4 Å². The number of nitrogens with zero attached hydrogens (tertiary/aromatic N) is 1. The van der Waals surface area contributed by atoms with E-state index in [1.165, 1.54) is 0 Å². The van der Waals surface area contributed by atoms with Gasteiger partial charge < -0.3 is 5.73 Å². The normalized spacial score (nSPS) is 18.1. The molecule has 1 aliphatic rings. The third kappa shape index (κ3) is 0.894. The maximum atomic E-state index is 10.2. The fourth-order valence-electron chi connectivity index (χ4n) is 0.533. The summed E-state index contributed by atoms with van der Waals surface area (Å²) >= 11 is 0. The fraction of sp³-hybridized carbons (Fsp3) is 0.750. The van der Waals surface area contributed by atoms with Crippen LogP contribution in [0.15, 0.2) is 0 Å². The van der Waals surface area contributed by atoms with E-state index >= 15 is 0 Å². The van der Waals surface area contributed by atoms with Crippen molar-refractivity contribution in [1.29, 1.82) is 0 Å². The van der Waals surface area contributed by atoms with Crippen molar-refractivity contribution >= 4 is 6.03 Å². The van der Waals surface area contributed by atoms with Gasteiger partial charge in [-0.1, -0.05) is 0 Å². The Balaban J connectivity index is 2.32. The molecule has 0 atom stereocenters. The minimum atomic E-state index is -0.535. The lowest BCUT2D eigenvalue weighted by atomic mass is 10.7. The first-order chi connectivity index (χ1) is 3.72. The molecular weight excluding hydrogens is 106 g/mol. The van der Waals surface area contributed by atoms with Crippen molar-refractivity contribution in [2.24, 2.45) is 11.6 Å². The summed E-state index contributed by atoms with van der Waals surface area (Å²) in [6, 6.07) is -0.306. The van der Waals surface area contributed by atoms with Gasteiger partial charge in [-0.05, 0) is 12.8 Å². The summed E-state index contributed by atoms with van der Waals surface area (Å²) < 4.78 is 0. The molecule has 46 valence electrons. The van der Waals surface area contributed by atoms with Crippen molar-refractivity contribution in [3.63, 3.8) is 0 Å².